The van der Waals surface area contributed by atoms with E-state index < -0.39 is 51.9 Å². The maximum atomic E-state index is 13.3. The molecule has 0 aromatic rings. The van der Waals surface area contributed by atoms with Crippen molar-refractivity contribution in [1.29, 1.82) is 0 Å². The maximum Gasteiger partial charge on any atom is 0.500 e. The fourth-order valence-corrected chi connectivity index (χ4v) is 3.66. The van der Waals surface area contributed by atoms with Gasteiger partial charge in [0.05, 0.1) is 13.0 Å². The van der Waals surface area contributed by atoms with Gasteiger partial charge in [-0.15, -0.1) is 0 Å². The average molecular weight is 469 g/mol. The number of ether oxygens (including phenoxy) is 1. The van der Waals surface area contributed by atoms with Crippen LogP contribution in [0, 0.1) is 0 Å². The Hall–Kier alpha value is -1.26. The van der Waals surface area contributed by atoms with E-state index in [0.717, 1.165) is 0 Å². The van der Waals surface area contributed by atoms with Gasteiger partial charge in [-0.25, -0.2) is 4.79 Å². The second-order valence-electron chi connectivity index (χ2n) is 5.56. The van der Waals surface area contributed by atoms with Crippen LogP contribution in [0.3, 0.4) is 0 Å². The van der Waals surface area contributed by atoms with Gasteiger partial charge in [0.25, 0.3) is 0 Å². The van der Waals surface area contributed by atoms with Crippen LogP contribution >= 0.6 is 0 Å². The van der Waals surface area contributed by atoms with E-state index in [9.17, 15) is 44.3 Å². The number of hydrogen-bond donors (Lipinski definition) is 1. The third-order valence-corrected chi connectivity index (χ3v) is 6.55. The molecule has 0 atom stereocenters. The van der Waals surface area contributed by atoms with Gasteiger partial charge < -0.3 is 23.3 Å². The molecule has 0 aliphatic heterocycles. The minimum Gasteiger partial charge on any atom is -0.449 e. The van der Waals surface area contributed by atoms with Crippen molar-refractivity contribution < 1.29 is 62.3 Å². The molecule has 0 aromatic heterocycles. The van der Waals surface area contributed by atoms with E-state index in [-0.39, 0.29) is 19.0 Å². The minimum atomic E-state index is -6.98. The summed E-state index contributed by atoms with van der Waals surface area (Å²) < 4.78 is 133. The quantitative estimate of drug-likeness (QED) is 0.267. The van der Waals surface area contributed by atoms with Gasteiger partial charge in [0.15, 0.2) is 0 Å². The smallest absolute Gasteiger partial charge is 0.449 e. The van der Waals surface area contributed by atoms with Crippen molar-refractivity contribution in [2.45, 2.75) is 42.8 Å². The number of alkyl carbamates (subject to hydrolysis) is 1. The molecule has 16 heteroatoms. The highest BCUT2D eigenvalue weighted by atomic mass is 28.4. The predicted octanol–water partition coefficient (Wildman–Crippen LogP) is 3.84. The van der Waals surface area contributed by atoms with Gasteiger partial charge in [-0.05, 0) is 6.42 Å². The first-order valence-corrected chi connectivity index (χ1v) is 9.73. The highest BCUT2D eigenvalue weighted by Crippen LogP contribution is 2.53. The van der Waals surface area contributed by atoms with E-state index in [4.69, 9.17) is 13.3 Å². The standard InChI is InChI=1S/C13H20F9NO5Si/c1-25-29(26-2,27-3)8-4-6-23-9(24)28-7-5-10(14,15)11(16,17)12(18,19)13(20,21)22/h4-8H2,1-3H3,(H,23,24). The highest BCUT2D eigenvalue weighted by molar-refractivity contribution is 6.60. The summed E-state index contributed by atoms with van der Waals surface area (Å²) >= 11 is 0. The van der Waals surface area contributed by atoms with E-state index in [2.05, 4.69) is 4.74 Å². The van der Waals surface area contributed by atoms with Crippen LogP contribution in [0.25, 0.3) is 0 Å². The second kappa shape index (κ2) is 10.2. The van der Waals surface area contributed by atoms with Crippen LogP contribution in [0.4, 0.5) is 44.3 Å². The molecule has 0 fully saturated rings. The van der Waals surface area contributed by atoms with Gasteiger partial charge in [-0.1, -0.05) is 0 Å². The van der Waals surface area contributed by atoms with Crippen LogP contribution in [0.15, 0.2) is 0 Å². The van der Waals surface area contributed by atoms with E-state index >= 15 is 0 Å². The molecule has 0 rings (SSSR count). The Morgan fingerprint density at radius 3 is 1.76 bits per heavy atom. The van der Waals surface area contributed by atoms with Crippen molar-refractivity contribution in [3.8, 4) is 0 Å². The summed E-state index contributed by atoms with van der Waals surface area (Å²) in [6.45, 7) is -1.64. The lowest BCUT2D eigenvalue weighted by molar-refractivity contribution is -0.397. The first-order valence-electron chi connectivity index (χ1n) is 7.80. The Kier molecular flexibility index (Phi) is 9.72. The van der Waals surface area contributed by atoms with Crippen LogP contribution in [0.1, 0.15) is 12.8 Å². The molecule has 0 unspecified atom stereocenters. The summed E-state index contributed by atoms with van der Waals surface area (Å²) in [6, 6.07) is 0.230. The Labute approximate surface area is 161 Å². The fraction of sp³-hybridized carbons (Fsp3) is 0.923. The zero-order valence-electron chi connectivity index (χ0n) is 15.5. The highest BCUT2D eigenvalue weighted by Gasteiger charge is 2.81. The fourth-order valence-electron chi connectivity index (χ4n) is 1.94. The van der Waals surface area contributed by atoms with Crippen LogP contribution in [-0.2, 0) is 18.0 Å². The lowest BCUT2D eigenvalue weighted by Crippen LogP contribution is -2.61. The normalized spacial score (nSPS) is 14.1. The molecule has 174 valence electrons. The number of rotatable bonds is 12. The Morgan fingerprint density at radius 1 is 0.862 bits per heavy atom. The summed E-state index contributed by atoms with van der Waals surface area (Å²) in [6.07, 6.45) is -10.3. The predicted molar refractivity (Wildman–Crippen MR) is 81.1 cm³/mol. The van der Waals surface area contributed by atoms with Crippen molar-refractivity contribution in [3.05, 3.63) is 0 Å². The number of carbonyl (C=O) groups excluding carboxylic acids is 1. The van der Waals surface area contributed by atoms with Crippen molar-refractivity contribution in [2.24, 2.45) is 0 Å². The minimum absolute atomic E-state index is 0.109. The number of halogens is 9. The number of alkyl halides is 9. The second-order valence-corrected chi connectivity index (χ2v) is 8.65. The van der Waals surface area contributed by atoms with Crippen LogP contribution < -0.4 is 5.32 Å². The molecule has 1 N–H and O–H groups in total. The summed E-state index contributed by atoms with van der Waals surface area (Å²) in [4.78, 5) is 11.3. The zero-order valence-corrected chi connectivity index (χ0v) is 16.5. The van der Waals surface area contributed by atoms with Crippen molar-refractivity contribution in [3.63, 3.8) is 0 Å². The molecule has 0 heterocycles. The molecule has 0 saturated carbocycles. The first-order chi connectivity index (χ1) is 13.0. The molecule has 0 radical (unpaired) electrons. The molecule has 6 nitrogen and oxygen atoms in total. The lowest BCUT2D eigenvalue weighted by Gasteiger charge is -2.33. The van der Waals surface area contributed by atoms with E-state index in [1.165, 1.54) is 21.3 Å². The molecule has 0 bridgehead atoms. The number of carbonyl (C=O) groups is 1. The summed E-state index contributed by atoms with van der Waals surface area (Å²) in [7, 11) is 1.07. The molecular formula is C13H20F9NO5Si. The molecule has 0 aliphatic rings. The van der Waals surface area contributed by atoms with Gasteiger partial charge in [0.2, 0.25) is 0 Å². The van der Waals surface area contributed by atoms with Gasteiger partial charge >= 0.3 is 38.8 Å². The Balaban J connectivity index is 4.55. The van der Waals surface area contributed by atoms with Crippen molar-refractivity contribution >= 4 is 14.9 Å². The molecular weight excluding hydrogens is 449 g/mol. The molecule has 1 amide bonds. The Morgan fingerprint density at radius 2 is 1.34 bits per heavy atom. The van der Waals surface area contributed by atoms with Crippen LogP contribution in [0.2, 0.25) is 6.04 Å². The Bertz CT molecular complexity index is 521. The zero-order chi connectivity index (χ0) is 23.1. The van der Waals surface area contributed by atoms with Gasteiger partial charge in [0, 0.05) is 33.9 Å². The number of nitrogens with one attached hydrogen (secondary N) is 1. The lowest BCUT2D eigenvalue weighted by atomic mass is 10.0. The van der Waals surface area contributed by atoms with E-state index in [1.54, 1.807) is 0 Å². The van der Waals surface area contributed by atoms with Crippen molar-refractivity contribution in [1.82, 2.24) is 5.32 Å². The SMILES string of the molecule is CO[Si](CCCNC(=O)OCCC(F)(F)C(F)(F)C(F)(F)C(F)(F)F)(OC)OC. The summed E-state index contributed by atoms with van der Waals surface area (Å²) in [5.74, 6) is -19.5. The topological polar surface area (TPSA) is 66.0 Å². The third-order valence-electron chi connectivity index (χ3n) is 3.72. The molecule has 0 saturated heterocycles. The van der Waals surface area contributed by atoms with Crippen LogP contribution in [-0.4, -0.2) is 73.3 Å². The summed E-state index contributed by atoms with van der Waals surface area (Å²) in [5.41, 5.74) is 0. The molecule has 29 heavy (non-hydrogen) atoms. The van der Waals surface area contributed by atoms with E-state index in [0.29, 0.717) is 0 Å². The monoisotopic (exact) mass is 469 g/mol. The molecule has 0 spiro atoms. The first kappa shape index (κ1) is 27.7. The summed E-state index contributed by atoms with van der Waals surface area (Å²) in [5, 5.41) is 2.04. The van der Waals surface area contributed by atoms with E-state index in [1.807, 2.05) is 5.32 Å². The largest absolute Gasteiger partial charge is 0.500 e. The average Bonchev–Trinajstić information content (AvgIpc) is 2.61. The number of hydrogen-bond acceptors (Lipinski definition) is 5. The maximum absolute atomic E-state index is 13.3. The van der Waals surface area contributed by atoms with Gasteiger partial charge in [-0.3, -0.25) is 0 Å². The molecule has 0 aromatic carbocycles. The number of amides is 1. The van der Waals surface area contributed by atoms with Gasteiger partial charge in [0.1, 0.15) is 0 Å². The van der Waals surface area contributed by atoms with Crippen molar-refractivity contribution in [2.75, 3.05) is 34.5 Å². The van der Waals surface area contributed by atoms with Gasteiger partial charge in [-0.2, -0.15) is 39.5 Å². The van der Waals surface area contributed by atoms with Crippen LogP contribution in [0.5, 0.6) is 0 Å². The third kappa shape index (κ3) is 6.61. The molecule has 0 aliphatic carbocycles.